The van der Waals surface area contributed by atoms with Gasteiger partial charge in [0, 0.05) is 10.7 Å². The van der Waals surface area contributed by atoms with E-state index in [1.807, 2.05) is 5.38 Å². The van der Waals surface area contributed by atoms with E-state index in [9.17, 15) is 12.8 Å². The number of halogens is 2. The van der Waals surface area contributed by atoms with Gasteiger partial charge in [-0.1, -0.05) is 16.8 Å². The molecule has 0 aliphatic rings. The van der Waals surface area contributed by atoms with E-state index in [0.717, 1.165) is 4.70 Å². The minimum atomic E-state index is -3.98. The quantitative estimate of drug-likeness (QED) is 0.418. The molecular weight excluding hydrogens is 449 g/mol. The molecule has 5 aromatic rings. The second-order valence-electron chi connectivity index (χ2n) is 6.31. The number of hydrogen-bond acceptors (Lipinski definition) is 7. The third kappa shape index (κ3) is 3.09. The van der Waals surface area contributed by atoms with Crippen molar-refractivity contribution < 1.29 is 12.8 Å². The first-order valence-corrected chi connectivity index (χ1v) is 11.3. The van der Waals surface area contributed by atoms with Gasteiger partial charge in [-0.3, -0.25) is 0 Å². The third-order valence-electron chi connectivity index (χ3n) is 4.41. The largest absolute Gasteiger partial charge is 0.339 e. The molecular formula is C19H11ClFN5O2S2. The molecule has 0 atom stereocenters. The van der Waals surface area contributed by atoms with E-state index in [0.29, 0.717) is 22.0 Å². The van der Waals surface area contributed by atoms with Gasteiger partial charge >= 0.3 is 0 Å². The summed E-state index contributed by atoms with van der Waals surface area (Å²) >= 11 is 7.29. The van der Waals surface area contributed by atoms with Crippen molar-refractivity contribution in [1.82, 2.24) is 19.8 Å². The fourth-order valence-electron chi connectivity index (χ4n) is 2.98. The normalized spacial score (nSPS) is 11.9. The minimum Gasteiger partial charge on any atom is -0.339 e. The van der Waals surface area contributed by atoms with Gasteiger partial charge in [-0.25, -0.2) is 17.8 Å². The lowest BCUT2D eigenvalue weighted by Crippen LogP contribution is -2.05. The van der Waals surface area contributed by atoms with E-state index in [2.05, 4.69) is 20.6 Å². The Morgan fingerprint density at radius 3 is 2.50 bits per heavy atom. The van der Waals surface area contributed by atoms with E-state index in [1.54, 1.807) is 18.2 Å². The van der Waals surface area contributed by atoms with Crippen LogP contribution >= 0.6 is 22.9 Å². The highest BCUT2D eigenvalue weighted by Crippen LogP contribution is 2.32. The number of fused-ring (bicyclic) bond motifs is 3. The number of nitrogens with zero attached hydrogens (tertiary/aromatic N) is 4. The summed E-state index contributed by atoms with van der Waals surface area (Å²) in [4.78, 5) is 4.54. The zero-order valence-electron chi connectivity index (χ0n) is 15.0. The molecule has 0 radical (unpaired) electrons. The van der Waals surface area contributed by atoms with Crippen molar-refractivity contribution in [2.75, 3.05) is 5.32 Å². The predicted octanol–water partition coefficient (Wildman–Crippen LogP) is 4.71. The van der Waals surface area contributed by atoms with Gasteiger partial charge in [-0.2, -0.15) is 4.52 Å². The van der Waals surface area contributed by atoms with Crippen LogP contribution in [0, 0.1) is 5.82 Å². The van der Waals surface area contributed by atoms with E-state index < -0.39 is 9.84 Å². The molecule has 0 aliphatic carbocycles. The number of anilines is 2. The van der Waals surface area contributed by atoms with Crippen LogP contribution in [-0.4, -0.2) is 28.2 Å². The smallest absolute Gasteiger partial charge is 0.229 e. The van der Waals surface area contributed by atoms with Crippen LogP contribution in [0.3, 0.4) is 0 Å². The van der Waals surface area contributed by atoms with Crippen LogP contribution in [0.15, 0.2) is 69.9 Å². The van der Waals surface area contributed by atoms with Crippen molar-refractivity contribution in [2.45, 2.75) is 9.92 Å². The Bertz CT molecular complexity index is 1500. The molecule has 3 heterocycles. The monoisotopic (exact) mass is 459 g/mol. The second kappa shape index (κ2) is 7.01. The topological polar surface area (TPSA) is 89.2 Å². The van der Waals surface area contributed by atoms with Gasteiger partial charge in [-0.15, -0.1) is 16.4 Å². The van der Waals surface area contributed by atoms with Gasteiger partial charge in [0.05, 0.1) is 15.1 Å². The Balaban J connectivity index is 1.70. The average molecular weight is 460 g/mol. The maximum Gasteiger partial charge on any atom is 0.229 e. The molecule has 11 heteroatoms. The van der Waals surface area contributed by atoms with E-state index >= 15 is 0 Å². The molecule has 1 N–H and O–H groups in total. The zero-order valence-corrected chi connectivity index (χ0v) is 17.3. The molecule has 0 saturated heterocycles. The molecule has 0 fully saturated rings. The standard InChI is InChI=1S/C19H11ClFN5O2S2/c20-11-1-7-14(8-2-11)30(27,28)19-18-23-17(22-13-5-3-12(21)4-6-13)16-15(9-10-29-16)26(18)25-24-19/h1-10H,(H,22,23). The van der Waals surface area contributed by atoms with Crippen molar-refractivity contribution in [1.29, 1.82) is 0 Å². The summed E-state index contributed by atoms with van der Waals surface area (Å²) in [6.45, 7) is 0. The van der Waals surface area contributed by atoms with Crippen LogP contribution < -0.4 is 5.32 Å². The molecule has 0 amide bonds. The lowest BCUT2D eigenvalue weighted by molar-refractivity contribution is 0.592. The van der Waals surface area contributed by atoms with Gasteiger partial charge in [0.2, 0.25) is 14.9 Å². The Hall–Kier alpha value is -3.08. The fraction of sp³-hybridized carbons (Fsp3) is 0. The highest BCUT2D eigenvalue weighted by molar-refractivity contribution is 7.91. The van der Waals surface area contributed by atoms with Crippen LogP contribution in [0.4, 0.5) is 15.9 Å². The highest BCUT2D eigenvalue weighted by Gasteiger charge is 2.27. The van der Waals surface area contributed by atoms with Crippen LogP contribution in [-0.2, 0) is 9.84 Å². The van der Waals surface area contributed by atoms with Gasteiger partial charge in [-0.05, 0) is 60.0 Å². The predicted molar refractivity (Wildman–Crippen MR) is 113 cm³/mol. The first-order valence-electron chi connectivity index (χ1n) is 8.59. The molecule has 2 aromatic carbocycles. The summed E-state index contributed by atoms with van der Waals surface area (Å²) in [6, 6.07) is 13.4. The van der Waals surface area contributed by atoms with Gasteiger partial charge < -0.3 is 5.32 Å². The lowest BCUT2D eigenvalue weighted by atomic mass is 10.3. The Labute approximate surface area is 178 Å². The second-order valence-corrected chi connectivity index (χ2v) is 9.53. The molecule has 5 rings (SSSR count). The molecule has 30 heavy (non-hydrogen) atoms. The molecule has 0 unspecified atom stereocenters. The van der Waals surface area contributed by atoms with Gasteiger partial charge in [0.15, 0.2) is 11.5 Å². The zero-order chi connectivity index (χ0) is 20.9. The molecule has 7 nitrogen and oxygen atoms in total. The third-order valence-corrected chi connectivity index (χ3v) is 7.24. The summed E-state index contributed by atoms with van der Waals surface area (Å²) < 4.78 is 41.7. The van der Waals surface area contributed by atoms with Crippen LogP contribution in [0.5, 0.6) is 0 Å². The fourth-order valence-corrected chi connectivity index (χ4v) is 5.15. The van der Waals surface area contributed by atoms with Crippen molar-refractivity contribution >= 4 is 60.1 Å². The SMILES string of the molecule is O=S(=O)(c1ccc(Cl)cc1)c1nnn2c1nc(Nc1ccc(F)cc1)c1sccc12. The minimum absolute atomic E-state index is 0.0366. The number of benzene rings is 2. The summed E-state index contributed by atoms with van der Waals surface area (Å²) in [7, 11) is -3.98. The number of aromatic nitrogens is 4. The van der Waals surface area contributed by atoms with Gasteiger partial charge in [0.1, 0.15) is 5.82 Å². The van der Waals surface area contributed by atoms with Crippen molar-refractivity contribution in [3.05, 3.63) is 70.8 Å². The van der Waals surface area contributed by atoms with E-state index in [1.165, 1.54) is 52.3 Å². The lowest BCUT2D eigenvalue weighted by Gasteiger charge is -2.08. The summed E-state index contributed by atoms with van der Waals surface area (Å²) in [5, 5.41) is 13.0. The summed E-state index contributed by atoms with van der Waals surface area (Å²) in [6.07, 6.45) is 0. The van der Waals surface area contributed by atoms with Crippen LogP contribution in [0.2, 0.25) is 5.02 Å². The number of hydrogen-bond donors (Lipinski definition) is 1. The van der Waals surface area contributed by atoms with Crippen LogP contribution in [0.1, 0.15) is 0 Å². The molecule has 3 aromatic heterocycles. The highest BCUT2D eigenvalue weighted by atomic mass is 35.5. The number of rotatable bonds is 4. The van der Waals surface area contributed by atoms with Crippen molar-refractivity contribution in [3.8, 4) is 0 Å². The Kier molecular flexibility index (Phi) is 4.42. The summed E-state index contributed by atoms with van der Waals surface area (Å²) in [5.74, 6) is 0.0653. The maximum atomic E-state index is 13.2. The molecule has 150 valence electrons. The number of nitrogens with one attached hydrogen (secondary N) is 1. The van der Waals surface area contributed by atoms with Crippen LogP contribution in [0.25, 0.3) is 15.9 Å². The van der Waals surface area contributed by atoms with E-state index in [4.69, 9.17) is 11.6 Å². The summed E-state index contributed by atoms with van der Waals surface area (Å²) in [5.41, 5.74) is 1.35. The molecule has 0 bridgehead atoms. The van der Waals surface area contributed by atoms with Gasteiger partial charge in [0.25, 0.3) is 0 Å². The molecule has 0 saturated carbocycles. The van der Waals surface area contributed by atoms with Crippen molar-refractivity contribution in [2.24, 2.45) is 0 Å². The first kappa shape index (κ1) is 18.9. The van der Waals surface area contributed by atoms with E-state index in [-0.39, 0.29) is 21.4 Å². The average Bonchev–Trinajstić information content (AvgIpc) is 3.37. The van der Waals surface area contributed by atoms with Crippen molar-refractivity contribution in [3.63, 3.8) is 0 Å². The Morgan fingerprint density at radius 1 is 1.03 bits per heavy atom. The number of thiophene rings is 1. The molecule has 0 spiro atoms. The maximum absolute atomic E-state index is 13.2. The Morgan fingerprint density at radius 2 is 1.77 bits per heavy atom. The molecule has 0 aliphatic heterocycles. The number of sulfone groups is 1. The first-order chi connectivity index (χ1) is 14.4.